The Morgan fingerprint density at radius 1 is 1.00 bits per heavy atom. The Morgan fingerprint density at radius 3 is 2.23 bits per heavy atom. The SMILES string of the molecule is O=C(NC[C@@H]1C[C@@H]1C(=O)NC[C@H](O)C(=O)O)OCC1c2ccccc2-c2ccccc21. The summed E-state index contributed by atoms with van der Waals surface area (Å²) < 4.78 is 5.47. The summed E-state index contributed by atoms with van der Waals surface area (Å²) in [6, 6.07) is 16.2. The van der Waals surface area contributed by atoms with Gasteiger partial charge in [-0.1, -0.05) is 48.5 Å². The first-order chi connectivity index (χ1) is 15.0. The molecular formula is C23H24N2O6. The van der Waals surface area contributed by atoms with Crippen molar-refractivity contribution in [2.75, 3.05) is 19.7 Å². The summed E-state index contributed by atoms with van der Waals surface area (Å²) in [5, 5.41) is 22.9. The fraction of sp³-hybridized carbons (Fsp3) is 0.348. The van der Waals surface area contributed by atoms with E-state index in [1.165, 1.54) is 0 Å². The van der Waals surface area contributed by atoms with Crippen molar-refractivity contribution in [2.45, 2.75) is 18.4 Å². The minimum Gasteiger partial charge on any atom is -0.479 e. The molecule has 4 N–H and O–H groups in total. The summed E-state index contributed by atoms with van der Waals surface area (Å²) in [5.41, 5.74) is 4.59. The molecule has 1 fully saturated rings. The van der Waals surface area contributed by atoms with Gasteiger partial charge in [0.2, 0.25) is 5.91 Å². The molecule has 0 saturated heterocycles. The molecule has 31 heavy (non-hydrogen) atoms. The number of alkyl carbamates (subject to hydrolysis) is 1. The van der Waals surface area contributed by atoms with Crippen LogP contribution in [0.1, 0.15) is 23.5 Å². The average Bonchev–Trinajstić information content (AvgIpc) is 3.49. The van der Waals surface area contributed by atoms with Gasteiger partial charge in [0.15, 0.2) is 6.10 Å². The van der Waals surface area contributed by atoms with Crippen LogP contribution in [0.4, 0.5) is 4.79 Å². The predicted octanol–water partition coefficient (Wildman–Crippen LogP) is 1.72. The van der Waals surface area contributed by atoms with Crippen molar-refractivity contribution in [1.29, 1.82) is 0 Å². The highest BCUT2D eigenvalue weighted by Crippen LogP contribution is 2.44. The summed E-state index contributed by atoms with van der Waals surface area (Å²) in [7, 11) is 0. The highest BCUT2D eigenvalue weighted by atomic mass is 16.5. The molecule has 2 aliphatic rings. The van der Waals surface area contributed by atoms with Crippen LogP contribution in [0.25, 0.3) is 11.1 Å². The van der Waals surface area contributed by atoms with Crippen molar-refractivity contribution >= 4 is 18.0 Å². The van der Waals surface area contributed by atoms with Gasteiger partial charge >= 0.3 is 12.1 Å². The van der Waals surface area contributed by atoms with Crippen LogP contribution < -0.4 is 10.6 Å². The van der Waals surface area contributed by atoms with Crippen molar-refractivity contribution in [1.82, 2.24) is 10.6 Å². The molecule has 2 aromatic rings. The van der Waals surface area contributed by atoms with Gasteiger partial charge in [-0.2, -0.15) is 0 Å². The number of nitrogens with one attached hydrogen (secondary N) is 2. The molecule has 0 aromatic heterocycles. The number of hydrogen-bond acceptors (Lipinski definition) is 5. The number of amides is 2. The predicted molar refractivity (Wildman–Crippen MR) is 111 cm³/mol. The number of benzene rings is 2. The average molecular weight is 424 g/mol. The normalized spacial score (nSPS) is 19.6. The van der Waals surface area contributed by atoms with Crippen LogP contribution in [0.15, 0.2) is 48.5 Å². The highest BCUT2D eigenvalue weighted by molar-refractivity contribution is 5.83. The van der Waals surface area contributed by atoms with Crippen LogP contribution in [0.2, 0.25) is 0 Å². The minimum absolute atomic E-state index is 0.0155. The number of carbonyl (C=O) groups excluding carboxylic acids is 2. The molecule has 0 aliphatic heterocycles. The number of aliphatic hydroxyl groups is 1. The third-order valence-corrected chi connectivity index (χ3v) is 5.87. The molecule has 1 saturated carbocycles. The van der Waals surface area contributed by atoms with Crippen LogP contribution in [-0.2, 0) is 14.3 Å². The maximum absolute atomic E-state index is 12.2. The van der Waals surface area contributed by atoms with E-state index in [9.17, 15) is 19.5 Å². The summed E-state index contributed by atoms with van der Waals surface area (Å²) >= 11 is 0. The first kappa shape index (κ1) is 20.9. The van der Waals surface area contributed by atoms with E-state index in [1.807, 2.05) is 24.3 Å². The Kier molecular flexibility index (Phi) is 5.90. The standard InChI is InChI=1S/C23H24N2O6/c26-20(22(28)29)11-24-21(27)18-9-13(18)10-25-23(30)31-12-19-16-7-3-1-5-14(16)15-6-2-4-8-17(15)19/h1-8,13,18-20,26H,9-12H2,(H,24,27)(H,25,30)(H,28,29)/t13-,18-,20-/m0/s1. The Hall–Kier alpha value is -3.39. The molecule has 0 spiro atoms. The monoisotopic (exact) mass is 424 g/mol. The Morgan fingerprint density at radius 2 is 1.61 bits per heavy atom. The van der Waals surface area contributed by atoms with Gasteiger partial charge in [-0.25, -0.2) is 9.59 Å². The van der Waals surface area contributed by atoms with Gasteiger partial charge in [0, 0.05) is 18.4 Å². The van der Waals surface area contributed by atoms with Crippen LogP contribution in [0, 0.1) is 11.8 Å². The zero-order chi connectivity index (χ0) is 22.0. The minimum atomic E-state index is -1.62. The number of carboxylic acids is 1. The molecule has 8 nitrogen and oxygen atoms in total. The second-order valence-corrected chi connectivity index (χ2v) is 7.91. The second-order valence-electron chi connectivity index (χ2n) is 7.91. The number of ether oxygens (including phenoxy) is 1. The molecule has 2 aliphatic carbocycles. The molecule has 0 unspecified atom stereocenters. The molecular weight excluding hydrogens is 400 g/mol. The molecule has 0 heterocycles. The molecule has 2 amide bonds. The lowest BCUT2D eigenvalue weighted by atomic mass is 9.98. The highest BCUT2D eigenvalue weighted by Gasteiger charge is 2.43. The molecule has 0 bridgehead atoms. The lowest BCUT2D eigenvalue weighted by molar-refractivity contribution is -0.146. The fourth-order valence-electron chi connectivity index (χ4n) is 4.07. The lowest BCUT2D eigenvalue weighted by Crippen LogP contribution is -2.37. The third-order valence-electron chi connectivity index (χ3n) is 5.87. The Labute approximate surface area is 179 Å². The van der Waals surface area contributed by atoms with Gasteiger partial charge in [-0.05, 0) is 34.6 Å². The third kappa shape index (κ3) is 4.54. The van der Waals surface area contributed by atoms with E-state index in [2.05, 4.69) is 34.9 Å². The lowest BCUT2D eigenvalue weighted by Gasteiger charge is -2.14. The molecule has 2 aromatic carbocycles. The van der Waals surface area contributed by atoms with E-state index in [0.29, 0.717) is 13.0 Å². The number of carboxylic acid groups (broad SMARTS) is 1. The number of rotatable bonds is 8. The van der Waals surface area contributed by atoms with Crippen molar-refractivity contribution in [3.05, 3.63) is 59.7 Å². The largest absolute Gasteiger partial charge is 0.479 e. The van der Waals surface area contributed by atoms with Crippen LogP contribution >= 0.6 is 0 Å². The van der Waals surface area contributed by atoms with Gasteiger partial charge in [-0.3, -0.25) is 4.79 Å². The maximum Gasteiger partial charge on any atom is 0.407 e. The van der Waals surface area contributed by atoms with Crippen molar-refractivity contribution in [3.8, 4) is 11.1 Å². The van der Waals surface area contributed by atoms with Gasteiger partial charge in [0.05, 0.1) is 6.54 Å². The first-order valence-corrected chi connectivity index (χ1v) is 10.2. The van der Waals surface area contributed by atoms with Crippen LogP contribution in [0.5, 0.6) is 0 Å². The summed E-state index contributed by atoms with van der Waals surface area (Å²) in [6.07, 6.45) is -1.56. The van der Waals surface area contributed by atoms with E-state index in [1.54, 1.807) is 0 Å². The number of carbonyl (C=O) groups is 3. The molecule has 8 heteroatoms. The number of fused-ring (bicyclic) bond motifs is 3. The zero-order valence-corrected chi connectivity index (χ0v) is 16.8. The maximum atomic E-state index is 12.2. The smallest absolute Gasteiger partial charge is 0.407 e. The Bertz CT molecular complexity index is 962. The quantitative estimate of drug-likeness (QED) is 0.511. The van der Waals surface area contributed by atoms with Crippen molar-refractivity contribution < 1.29 is 29.3 Å². The van der Waals surface area contributed by atoms with Gasteiger partial charge in [0.1, 0.15) is 6.61 Å². The van der Waals surface area contributed by atoms with E-state index in [4.69, 9.17) is 9.84 Å². The molecule has 162 valence electrons. The molecule has 0 radical (unpaired) electrons. The summed E-state index contributed by atoms with van der Waals surface area (Å²) in [6.45, 7) is 0.189. The molecule has 3 atom stereocenters. The van der Waals surface area contributed by atoms with Crippen molar-refractivity contribution in [3.63, 3.8) is 0 Å². The van der Waals surface area contributed by atoms with Gasteiger partial charge in [0.25, 0.3) is 0 Å². The fourth-order valence-corrected chi connectivity index (χ4v) is 4.07. The van der Waals surface area contributed by atoms with Crippen LogP contribution in [0.3, 0.4) is 0 Å². The summed E-state index contributed by atoms with van der Waals surface area (Å²) in [4.78, 5) is 34.7. The second kappa shape index (κ2) is 8.77. The first-order valence-electron chi connectivity index (χ1n) is 10.2. The van der Waals surface area contributed by atoms with Crippen LogP contribution in [-0.4, -0.2) is 54.0 Å². The summed E-state index contributed by atoms with van der Waals surface area (Å²) in [5.74, 6) is -2.04. The Balaban J connectivity index is 1.23. The van der Waals surface area contributed by atoms with Gasteiger partial charge in [-0.15, -0.1) is 0 Å². The van der Waals surface area contributed by atoms with Crippen molar-refractivity contribution in [2.24, 2.45) is 11.8 Å². The van der Waals surface area contributed by atoms with E-state index < -0.39 is 18.2 Å². The number of aliphatic hydroxyl groups excluding tert-OH is 1. The van der Waals surface area contributed by atoms with Gasteiger partial charge < -0.3 is 25.6 Å². The van der Waals surface area contributed by atoms with E-state index >= 15 is 0 Å². The topological polar surface area (TPSA) is 125 Å². The van der Waals surface area contributed by atoms with E-state index in [0.717, 1.165) is 22.3 Å². The zero-order valence-electron chi connectivity index (χ0n) is 16.8. The molecule has 4 rings (SSSR count). The number of hydrogen-bond donors (Lipinski definition) is 4. The number of aliphatic carboxylic acids is 1. The van der Waals surface area contributed by atoms with E-state index in [-0.39, 0.29) is 36.8 Å².